The number of hydrogen-bond donors (Lipinski definition) is 1. The first-order valence-corrected chi connectivity index (χ1v) is 10.3. The number of halogens is 1. The van der Waals surface area contributed by atoms with E-state index < -0.39 is 10.0 Å². The topological polar surface area (TPSA) is 58.6 Å². The molecule has 0 aromatic heterocycles. The summed E-state index contributed by atoms with van der Waals surface area (Å²) in [6, 6.07) is 5.00. The summed E-state index contributed by atoms with van der Waals surface area (Å²) in [6.07, 6.45) is 4.08. The zero-order valence-corrected chi connectivity index (χ0v) is 16.1. The standard InChI is InChI=1S/C16H25BrN2O3S/c1-3-4-9-19-10-7-14(8-11-19)18-23(20,21)16-12-13(17)5-6-15(16)22-2/h5-6,12,14,18H,3-4,7-11H2,1-2H3. The molecule has 1 aliphatic heterocycles. The van der Waals surface area contributed by atoms with Gasteiger partial charge in [-0.3, -0.25) is 0 Å². The highest BCUT2D eigenvalue weighted by molar-refractivity contribution is 9.10. The van der Waals surface area contributed by atoms with Crippen molar-refractivity contribution in [3.63, 3.8) is 0 Å². The second-order valence-electron chi connectivity index (χ2n) is 5.89. The van der Waals surface area contributed by atoms with Gasteiger partial charge in [-0.05, 0) is 57.1 Å². The van der Waals surface area contributed by atoms with Crippen LogP contribution >= 0.6 is 15.9 Å². The van der Waals surface area contributed by atoms with E-state index in [-0.39, 0.29) is 10.9 Å². The highest BCUT2D eigenvalue weighted by atomic mass is 79.9. The number of benzene rings is 1. The number of rotatable bonds is 7. The maximum absolute atomic E-state index is 12.7. The smallest absolute Gasteiger partial charge is 0.244 e. The Hall–Kier alpha value is -0.630. The molecule has 1 aromatic rings. The third-order valence-corrected chi connectivity index (χ3v) is 6.19. The SMILES string of the molecule is CCCCN1CCC(NS(=O)(=O)c2cc(Br)ccc2OC)CC1. The van der Waals surface area contributed by atoms with E-state index in [1.165, 1.54) is 20.0 Å². The predicted molar refractivity (Wildman–Crippen MR) is 95.4 cm³/mol. The maximum atomic E-state index is 12.7. The van der Waals surface area contributed by atoms with E-state index in [1.807, 2.05) is 0 Å². The van der Waals surface area contributed by atoms with Gasteiger partial charge in [0, 0.05) is 10.5 Å². The number of sulfonamides is 1. The Morgan fingerprint density at radius 3 is 2.65 bits per heavy atom. The summed E-state index contributed by atoms with van der Waals surface area (Å²) >= 11 is 3.32. The number of hydrogen-bond acceptors (Lipinski definition) is 4. The first-order valence-electron chi connectivity index (χ1n) is 8.04. The fourth-order valence-electron chi connectivity index (χ4n) is 2.80. The van der Waals surface area contributed by atoms with Gasteiger partial charge < -0.3 is 9.64 Å². The van der Waals surface area contributed by atoms with Crippen molar-refractivity contribution >= 4 is 26.0 Å². The molecule has 0 saturated carbocycles. The fraction of sp³-hybridized carbons (Fsp3) is 0.625. The van der Waals surface area contributed by atoms with Crippen LogP contribution in [-0.2, 0) is 10.0 Å². The molecule has 0 spiro atoms. The van der Waals surface area contributed by atoms with Crippen LogP contribution < -0.4 is 9.46 Å². The second kappa shape index (κ2) is 8.46. The van der Waals surface area contributed by atoms with Gasteiger partial charge in [0.25, 0.3) is 0 Å². The van der Waals surface area contributed by atoms with Gasteiger partial charge in [0.1, 0.15) is 10.6 Å². The molecule has 0 atom stereocenters. The Morgan fingerprint density at radius 2 is 2.04 bits per heavy atom. The van der Waals surface area contributed by atoms with Crippen molar-refractivity contribution < 1.29 is 13.2 Å². The lowest BCUT2D eigenvalue weighted by atomic mass is 10.1. The largest absolute Gasteiger partial charge is 0.495 e. The molecule has 0 aliphatic carbocycles. The molecule has 1 aliphatic rings. The Balaban J connectivity index is 2.01. The maximum Gasteiger partial charge on any atom is 0.244 e. The Kier molecular flexibility index (Phi) is 6.88. The van der Waals surface area contributed by atoms with Crippen molar-refractivity contribution in [2.75, 3.05) is 26.7 Å². The zero-order chi connectivity index (χ0) is 16.9. The molecule has 0 unspecified atom stereocenters. The number of nitrogens with zero attached hydrogens (tertiary/aromatic N) is 1. The summed E-state index contributed by atoms with van der Waals surface area (Å²) in [5, 5.41) is 0. The van der Waals surface area contributed by atoms with E-state index in [4.69, 9.17) is 4.74 Å². The minimum atomic E-state index is -3.58. The van der Waals surface area contributed by atoms with Gasteiger partial charge in [0.2, 0.25) is 10.0 Å². The molecule has 0 bridgehead atoms. The first-order chi connectivity index (χ1) is 11.0. The Bertz CT molecular complexity index is 614. The lowest BCUT2D eigenvalue weighted by Crippen LogP contribution is -2.44. The van der Waals surface area contributed by atoms with Crippen LogP contribution in [0.2, 0.25) is 0 Å². The van der Waals surface area contributed by atoms with E-state index in [1.54, 1.807) is 18.2 Å². The highest BCUT2D eigenvalue weighted by Gasteiger charge is 2.26. The van der Waals surface area contributed by atoms with Gasteiger partial charge in [0.05, 0.1) is 7.11 Å². The predicted octanol–water partition coefficient (Wildman–Crippen LogP) is 3.00. The number of unbranched alkanes of at least 4 members (excludes halogenated alkanes) is 1. The van der Waals surface area contributed by atoms with Gasteiger partial charge >= 0.3 is 0 Å². The molecular weight excluding hydrogens is 380 g/mol. The molecule has 0 amide bonds. The minimum absolute atomic E-state index is 0.0124. The van der Waals surface area contributed by atoms with Crippen molar-refractivity contribution in [1.29, 1.82) is 0 Å². The van der Waals surface area contributed by atoms with Crippen LogP contribution in [0.5, 0.6) is 5.75 Å². The van der Waals surface area contributed by atoms with Crippen LogP contribution in [0.3, 0.4) is 0 Å². The lowest BCUT2D eigenvalue weighted by Gasteiger charge is -2.32. The van der Waals surface area contributed by atoms with Gasteiger partial charge in [-0.2, -0.15) is 0 Å². The summed E-state index contributed by atoms with van der Waals surface area (Å²) in [6.45, 7) is 5.19. The lowest BCUT2D eigenvalue weighted by molar-refractivity contribution is 0.205. The van der Waals surface area contributed by atoms with Crippen molar-refractivity contribution in [3.05, 3.63) is 22.7 Å². The van der Waals surface area contributed by atoms with Crippen LogP contribution in [0.1, 0.15) is 32.6 Å². The van der Waals surface area contributed by atoms with Gasteiger partial charge in [-0.1, -0.05) is 29.3 Å². The second-order valence-corrected chi connectivity index (χ2v) is 8.48. The van der Waals surface area contributed by atoms with Gasteiger partial charge in [-0.25, -0.2) is 13.1 Å². The molecule has 1 N–H and O–H groups in total. The van der Waals surface area contributed by atoms with Crippen LogP contribution in [0.25, 0.3) is 0 Å². The molecule has 7 heteroatoms. The Morgan fingerprint density at radius 1 is 1.35 bits per heavy atom. The fourth-order valence-corrected chi connectivity index (χ4v) is 4.81. The first kappa shape index (κ1) is 18.7. The summed E-state index contributed by atoms with van der Waals surface area (Å²) in [4.78, 5) is 2.59. The van der Waals surface area contributed by atoms with E-state index in [9.17, 15) is 8.42 Å². The van der Waals surface area contributed by atoms with E-state index in [2.05, 4.69) is 32.5 Å². The third-order valence-electron chi connectivity index (χ3n) is 4.15. The van der Waals surface area contributed by atoms with Gasteiger partial charge in [-0.15, -0.1) is 0 Å². The van der Waals surface area contributed by atoms with E-state index in [0.717, 1.165) is 32.5 Å². The molecule has 130 valence electrons. The number of likely N-dealkylation sites (tertiary alicyclic amines) is 1. The molecule has 0 radical (unpaired) electrons. The monoisotopic (exact) mass is 404 g/mol. The molecule has 2 rings (SSSR count). The average molecular weight is 405 g/mol. The van der Waals surface area contributed by atoms with Crippen LogP contribution in [0.15, 0.2) is 27.6 Å². The van der Waals surface area contributed by atoms with Crippen molar-refractivity contribution in [2.24, 2.45) is 0 Å². The minimum Gasteiger partial charge on any atom is -0.495 e. The zero-order valence-electron chi connectivity index (χ0n) is 13.7. The molecular formula is C16H25BrN2O3S. The summed E-state index contributed by atoms with van der Waals surface area (Å²) in [7, 11) is -2.10. The quantitative estimate of drug-likeness (QED) is 0.758. The normalized spacial score (nSPS) is 17.3. The van der Waals surface area contributed by atoms with Crippen LogP contribution in [0.4, 0.5) is 0 Å². The van der Waals surface area contributed by atoms with Crippen molar-refractivity contribution in [1.82, 2.24) is 9.62 Å². The average Bonchev–Trinajstić information content (AvgIpc) is 2.54. The number of nitrogens with one attached hydrogen (secondary N) is 1. The number of methoxy groups -OCH3 is 1. The molecule has 1 heterocycles. The molecule has 1 fully saturated rings. The highest BCUT2D eigenvalue weighted by Crippen LogP contribution is 2.28. The molecule has 1 aromatic carbocycles. The Labute approximate surface area is 147 Å². The third kappa shape index (κ3) is 5.17. The molecule has 5 nitrogen and oxygen atoms in total. The van der Waals surface area contributed by atoms with E-state index in [0.29, 0.717) is 10.2 Å². The molecule has 23 heavy (non-hydrogen) atoms. The molecule has 1 saturated heterocycles. The summed E-state index contributed by atoms with van der Waals surface area (Å²) in [5.41, 5.74) is 0. The van der Waals surface area contributed by atoms with Crippen molar-refractivity contribution in [3.8, 4) is 5.75 Å². The van der Waals surface area contributed by atoms with Crippen molar-refractivity contribution in [2.45, 2.75) is 43.5 Å². The number of ether oxygens (including phenoxy) is 1. The summed E-state index contributed by atoms with van der Waals surface area (Å²) < 4.78 is 34.1. The van der Waals surface area contributed by atoms with Crippen LogP contribution in [0, 0.1) is 0 Å². The van der Waals surface area contributed by atoms with E-state index >= 15 is 0 Å². The van der Waals surface area contributed by atoms with Crippen LogP contribution in [-0.4, -0.2) is 46.1 Å². The van der Waals surface area contributed by atoms with Gasteiger partial charge in [0.15, 0.2) is 0 Å². The summed E-state index contributed by atoms with van der Waals surface area (Å²) in [5.74, 6) is 0.362. The number of piperidine rings is 1.